The summed E-state index contributed by atoms with van der Waals surface area (Å²) in [7, 11) is 0. The van der Waals surface area contributed by atoms with Crippen molar-refractivity contribution in [1.82, 2.24) is 4.98 Å². The molecule has 10 heteroatoms. The number of hydrogen-bond acceptors (Lipinski definition) is 3. The monoisotopic (exact) mass is 279 g/mol. The van der Waals surface area contributed by atoms with Gasteiger partial charge in [-0.05, 0) is 6.07 Å². The Hall–Kier alpha value is -1.58. The van der Waals surface area contributed by atoms with Crippen molar-refractivity contribution < 1.29 is 40.6 Å². The van der Waals surface area contributed by atoms with E-state index in [2.05, 4.69) is 9.72 Å². The first-order valence-electron chi connectivity index (χ1n) is 4.18. The smallest absolute Gasteiger partial charge is 0.403 e. The third-order valence-corrected chi connectivity index (χ3v) is 1.68. The highest BCUT2D eigenvalue weighted by Crippen LogP contribution is 2.37. The van der Waals surface area contributed by atoms with Crippen LogP contribution < -0.4 is 4.74 Å². The van der Waals surface area contributed by atoms with E-state index in [0.717, 1.165) is 0 Å². The van der Waals surface area contributed by atoms with Gasteiger partial charge in [-0.15, -0.1) is 13.2 Å². The van der Waals surface area contributed by atoms with Gasteiger partial charge in [-0.1, -0.05) is 0 Å². The van der Waals surface area contributed by atoms with Crippen LogP contribution in [0.3, 0.4) is 0 Å². The minimum atomic E-state index is -5.40. The molecule has 0 aliphatic heterocycles. The summed E-state index contributed by atoms with van der Waals surface area (Å²) in [6.07, 6.45) is -10.7. The molecule has 3 nitrogen and oxygen atoms in total. The number of hydrogen-bond donors (Lipinski definition) is 1. The molecule has 1 aromatic heterocycles. The second kappa shape index (κ2) is 4.59. The molecule has 0 amide bonds. The lowest BCUT2D eigenvalue weighted by atomic mass is 10.2. The van der Waals surface area contributed by atoms with Crippen molar-refractivity contribution in [3.8, 4) is 5.75 Å². The summed E-state index contributed by atoms with van der Waals surface area (Å²) in [5, 5.41) is 8.54. The predicted molar refractivity (Wildman–Crippen MR) is 41.8 cm³/mol. The number of nitrogens with zero attached hydrogens (tertiary/aromatic N) is 1. The molecule has 102 valence electrons. The van der Waals surface area contributed by atoms with Gasteiger partial charge in [0.15, 0.2) is 11.4 Å². The molecule has 0 radical (unpaired) electrons. The summed E-state index contributed by atoms with van der Waals surface area (Å²) in [5.74, 6) is -3.44. The highest BCUT2D eigenvalue weighted by Gasteiger charge is 2.41. The molecule has 0 saturated carbocycles. The Labute approximate surface area is 94.8 Å². The van der Waals surface area contributed by atoms with Gasteiger partial charge in [0.2, 0.25) is 5.95 Å². The number of ether oxygens (including phenoxy) is 1. The zero-order chi connectivity index (χ0) is 14.1. The van der Waals surface area contributed by atoms with E-state index in [4.69, 9.17) is 5.11 Å². The molecule has 1 aromatic rings. The Kier molecular flexibility index (Phi) is 3.70. The third kappa shape index (κ3) is 3.45. The van der Waals surface area contributed by atoms with Gasteiger partial charge in [-0.2, -0.15) is 17.6 Å². The van der Waals surface area contributed by atoms with Crippen LogP contribution in [0.1, 0.15) is 11.3 Å². The van der Waals surface area contributed by atoms with Gasteiger partial charge in [-0.25, -0.2) is 4.98 Å². The molecule has 1 rings (SSSR count). The average molecular weight is 279 g/mol. The minimum Gasteiger partial charge on any atom is -0.403 e. The lowest BCUT2D eigenvalue weighted by Gasteiger charge is -2.15. The van der Waals surface area contributed by atoms with E-state index in [1.165, 1.54) is 0 Å². The van der Waals surface area contributed by atoms with Crippen molar-refractivity contribution in [1.29, 1.82) is 0 Å². The summed E-state index contributed by atoms with van der Waals surface area (Å²) in [6, 6.07) is 0.0959. The van der Waals surface area contributed by atoms with Crippen molar-refractivity contribution in [3.63, 3.8) is 0 Å². The van der Waals surface area contributed by atoms with Crippen molar-refractivity contribution >= 4 is 0 Å². The standard InChI is InChI=1S/C8H4F7NO2/c9-6-3(2-17)1-4(18-8(13,14)15)5(16-6)7(10,11)12/h1,17H,2H2. The van der Waals surface area contributed by atoms with Crippen LogP contribution in [0.25, 0.3) is 0 Å². The minimum absolute atomic E-state index is 0.0959. The maximum Gasteiger partial charge on any atom is 0.573 e. The zero-order valence-corrected chi connectivity index (χ0v) is 8.23. The number of aromatic nitrogens is 1. The van der Waals surface area contributed by atoms with Gasteiger partial charge in [0, 0.05) is 5.56 Å². The molecule has 0 atom stereocenters. The Morgan fingerprint density at radius 2 is 1.72 bits per heavy atom. The predicted octanol–water partition coefficient (Wildman–Crippen LogP) is 2.63. The first kappa shape index (κ1) is 14.5. The number of pyridine rings is 1. The fourth-order valence-electron chi connectivity index (χ4n) is 1.03. The van der Waals surface area contributed by atoms with Gasteiger partial charge >= 0.3 is 12.5 Å². The largest absolute Gasteiger partial charge is 0.573 e. The first-order valence-corrected chi connectivity index (χ1v) is 4.18. The van der Waals surface area contributed by atoms with Crippen molar-refractivity contribution in [2.45, 2.75) is 19.1 Å². The first-order chi connectivity index (χ1) is 8.04. The Balaban J connectivity index is 3.35. The molecule has 18 heavy (non-hydrogen) atoms. The van der Waals surface area contributed by atoms with Crippen LogP contribution in [-0.2, 0) is 12.8 Å². The van der Waals surface area contributed by atoms with Crippen molar-refractivity contribution in [3.05, 3.63) is 23.3 Å². The van der Waals surface area contributed by atoms with E-state index in [1.807, 2.05) is 0 Å². The molecule has 0 aliphatic carbocycles. The number of alkyl halides is 6. The number of rotatable bonds is 2. The summed E-state index contributed by atoms with van der Waals surface area (Å²) < 4.78 is 88.5. The topological polar surface area (TPSA) is 42.4 Å². The van der Waals surface area contributed by atoms with Crippen LogP contribution in [0, 0.1) is 5.95 Å². The second-order valence-electron chi connectivity index (χ2n) is 2.99. The molecule has 0 fully saturated rings. The molecule has 0 aliphatic rings. The van der Waals surface area contributed by atoms with Crippen LogP contribution in [0.2, 0.25) is 0 Å². The summed E-state index contributed by atoms with van der Waals surface area (Å²) in [5.41, 5.74) is -3.00. The molecule has 1 heterocycles. The summed E-state index contributed by atoms with van der Waals surface area (Å²) >= 11 is 0. The van der Waals surface area contributed by atoms with E-state index in [-0.39, 0.29) is 6.07 Å². The molecule has 1 N–H and O–H groups in total. The Morgan fingerprint density at radius 3 is 2.11 bits per heavy atom. The summed E-state index contributed by atoms with van der Waals surface area (Å²) in [4.78, 5) is 2.32. The molecule has 0 saturated heterocycles. The van der Waals surface area contributed by atoms with Crippen molar-refractivity contribution in [2.75, 3.05) is 0 Å². The second-order valence-corrected chi connectivity index (χ2v) is 2.99. The Morgan fingerprint density at radius 1 is 1.17 bits per heavy atom. The number of aliphatic hydroxyl groups is 1. The average Bonchev–Trinajstić information content (AvgIpc) is 2.16. The molecule has 0 bridgehead atoms. The van der Waals surface area contributed by atoms with Gasteiger partial charge in [0.05, 0.1) is 6.61 Å². The maximum absolute atomic E-state index is 12.9. The fraction of sp³-hybridized carbons (Fsp3) is 0.375. The molecule has 0 aromatic carbocycles. The maximum atomic E-state index is 12.9. The Bertz CT molecular complexity index is 440. The van der Waals surface area contributed by atoms with Crippen LogP contribution >= 0.6 is 0 Å². The van der Waals surface area contributed by atoms with Crippen LogP contribution in [0.15, 0.2) is 6.07 Å². The number of halogens is 7. The van der Waals surface area contributed by atoms with Crippen LogP contribution in [0.5, 0.6) is 5.75 Å². The lowest BCUT2D eigenvalue weighted by molar-refractivity contribution is -0.276. The molecule has 0 unspecified atom stereocenters. The highest BCUT2D eigenvalue weighted by molar-refractivity contribution is 5.34. The van der Waals surface area contributed by atoms with Gasteiger partial charge < -0.3 is 9.84 Å². The zero-order valence-electron chi connectivity index (χ0n) is 8.23. The quantitative estimate of drug-likeness (QED) is 0.668. The van der Waals surface area contributed by atoms with E-state index < -0.39 is 42.1 Å². The molecular formula is C8H4F7NO2. The van der Waals surface area contributed by atoms with Gasteiger partial charge in [0.1, 0.15) is 0 Å². The van der Waals surface area contributed by atoms with E-state index in [1.54, 1.807) is 0 Å². The fourth-order valence-corrected chi connectivity index (χ4v) is 1.03. The lowest BCUT2D eigenvalue weighted by Crippen LogP contribution is -2.22. The molecule has 0 spiro atoms. The van der Waals surface area contributed by atoms with Gasteiger partial charge in [-0.3, -0.25) is 0 Å². The van der Waals surface area contributed by atoms with E-state index >= 15 is 0 Å². The van der Waals surface area contributed by atoms with E-state index in [9.17, 15) is 30.7 Å². The molecular weight excluding hydrogens is 275 g/mol. The van der Waals surface area contributed by atoms with Crippen LogP contribution in [-0.4, -0.2) is 16.5 Å². The van der Waals surface area contributed by atoms with E-state index in [0.29, 0.717) is 0 Å². The van der Waals surface area contributed by atoms with Crippen LogP contribution in [0.4, 0.5) is 30.7 Å². The third-order valence-electron chi connectivity index (χ3n) is 1.68. The normalized spacial score (nSPS) is 12.7. The highest BCUT2D eigenvalue weighted by atomic mass is 19.4. The SMILES string of the molecule is OCc1cc(OC(F)(F)F)c(C(F)(F)F)nc1F. The van der Waals surface area contributed by atoms with Crippen molar-refractivity contribution in [2.24, 2.45) is 0 Å². The number of aliphatic hydroxyl groups excluding tert-OH is 1. The van der Waals surface area contributed by atoms with Gasteiger partial charge in [0.25, 0.3) is 0 Å². The summed E-state index contributed by atoms with van der Waals surface area (Å²) in [6.45, 7) is -1.12.